The number of anilines is 1. The first-order valence-corrected chi connectivity index (χ1v) is 9.30. The number of carbonyl (C=O) groups is 1. The Kier molecular flexibility index (Phi) is 4.75. The third-order valence-electron chi connectivity index (χ3n) is 5.18. The lowest BCUT2D eigenvalue weighted by atomic mass is 9.96. The molecule has 0 saturated carbocycles. The third-order valence-corrected chi connectivity index (χ3v) is 5.18. The second-order valence-corrected chi connectivity index (χ2v) is 7.26. The van der Waals surface area contributed by atoms with Gasteiger partial charge in [0, 0.05) is 39.9 Å². The van der Waals surface area contributed by atoms with Crippen LogP contribution in [0.4, 0.5) is 5.82 Å². The minimum absolute atomic E-state index is 0.0153. The number of benzene rings is 1. The molecule has 1 saturated heterocycles. The molecule has 0 spiro atoms. The molecule has 1 aromatic carbocycles. The minimum Gasteiger partial charge on any atom is -0.355 e. The fourth-order valence-corrected chi connectivity index (χ4v) is 3.63. The van der Waals surface area contributed by atoms with Crippen molar-refractivity contribution in [3.63, 3.8) is 0 Å². The van der Waals surface area contributed by atoms with Gasteiger partial charge in [-0.15, -0.1) is 0 Å². The molecule has 0 radical (unpaired) electrons. The maximum atomic E-state index is 12.5. The molecule has 1 fully saturated rings. The number of aryl methyl sites for hydroxylation is 1. The van der Waals surface area contributed by atoms with E-state index in [4.69, 9.17) is 4.98 Å². The Morgan fingerprint density at radius 1 is 1.19 bits per heavy atom. The van der Waals surface area contributed by atoms with Crippen LogP contribution in [0.25, 0.3) is 11.0 Å². The van der Waals surface area contributed by atoms with E-state index in [1.54, 1.807) is 22.0 Å². The average molecular weight is 364 g/mol. The molecule has 27 heavy (non-hydrogen) atoms. The standard InChI is InChI=1S/C20H24N6O/c1-24-13-18(22-14-24)20(27)25(2)12-15-7-9-26(10-8-15)19-11-21-16-5-3-4-6-17(16)23-19/h3-6,11,13-15H,7-10,12H2,1-2H3. The summed E-state index contributed by atoms with van der Waals surface area (Å²) in [6.45, 7) is 2.62. The average Bonchev–Trinajstić information content (AvgIpc) is 3.14. The van der Waals surface area contributed by atoms with E-state index in [1.165, 1.54) is 0 Å². The van der Waals surface area contributed by atoms with Crippen LogP contribution in [-0.4, -0.2) is 57.0 Å². The number of aromatic nitrogens is 4. The highest BCUT2D eigenvalue weighted by atomic mass is 16.2. The Labute approximate surface area is 158 Å². The monoisotopic (exact) mass is 364 g/mol. The predicted octanol–water partition coefficient (Wildman–Crippen LogP) is 2.35. The quantitative estimate of drug-likeness (QED) is 0.711. The Balaban J connectivity index is 1.34. The summed E-state index contributed by atoms with van der Waals surface area (Å²) in [7, 11) is 3.73. The van der Waals surface area contributed by atoms with Crippen LogP contribution >= 0.6 is 0 Å². The Morgan fingerprint density at radius 3 is 2.63 bits per heavy atom. The van der Waals surface area contributed by atoms with Gasteiger partial charge < -0.3 is 14.4 Å². The summed E-state index contributed by atoms with van der Waals surface area (Å²) in [6, 6.07) is 7.94. The summed E-state index contributed by atoms with van der Waals surface area (Å²) in [5.41, 5.74) is 2.35. The number of imidazole rings is 1. The van der Waals surface area contributed by atoms with Gasteiger partial charge in [0.05, 0.1) is 23.6 Å². The highest BCUT2D eigenvalue weighted by Crippen LogP contribution is 2.23. The molecule has 0 N–H and O–H groups in total. The molecule has 2 aromatic heterocycles. The summed E-state index contributed by atoms with van der Waals surface area (Å²) in [5.74, 6) is 1.41. The highest BCUT2D eigenvalue weighted by molar-refractivity contribution is 5.91. The van der Waals surface area contributed by atoms with Gasteiger partial charge in [0.2, 0.25) is 0 Å². The summed E-state index contributed by atoms with van der Waals surface area (Å²) in [5, 5.41) is 0. The van der Waals surface area contributed by atoms with Gasteiger partial charge >= 0.3 is 0 Å². The maximum absolute atomic E-state index is 12.5. The van der Waals surface area contributed by atoms with Gasteiger partial charge in [-0.25, -0.2) is 9.97 Å². The number of rotatable bonds is 4. The van der Waals surface area contributed by atoms with Crippen LogP contribution in [0.3, 0.4) is 0 Å². The molecular formula is C20H24N6O. The van der Waals surface area contributed by atoms with E-state index >= 15 is 0 Å². The molecule has 7 heteroatoms. The lowest BCUT2D eigenvalue weighted by Crippen LogP contribution is -2.39. The summed E-state index contributed by atoms with van der Waals surface area (Å²) in [6.07, 6.45) is 7.35. The van der Waals surface area contributed by atoms with Crippen LogP contribution in [0.15, 0.2) is 43.0 Å². The molecule has 0 aliphatic carbocycles. The lowest BCUT2D eigenvalue weighted by Gasteiger charge is -2.34. The van der Waals surface area contributed by atoms with Crippen LogP contribution in [0.5, 0.6) is 0 Å². The second-order valence-electron chi connectivity index (χ2n) is 7.26. The van der Waals surface area contributed by atoms with Crippen LogP contribution in [0.2, 0.25) is 0 Å². The van der Waals surface area contributed by atoms with E-state index in [0.717, 1.165) is 49.3 Å². The fraction of sp³-hybridized carbons (Fsp3) is 0.400. The van der Waals surface area contributed by atoms with Gasteiger partial charge in [0.25, 0.3) is 5.91 Å². The SMILES string of the molecule is CN(CC1CCN(c2cnc3ccccc3n2)CC1)C(=O)c1cn(C)cn1. The summed E-state index contributed by atoms with van der Waals surface area (Å²) < 4.78 is 1.80. The van der Waals surface area contributed by atoms with Gasteiger partial charge in [-0.2, -0.15) is 0 Å². The molecular weight excluding hydrogens is 340 g/mol. The van der Waals surface area contributed by atoms with Crippen LogP contribution in [0, 0.1) is 5.92 Å². The first kappa shape index (κ1) is 17.5. The molecule has 140 valence electrons. The van der Waals surface area contributed by atoms with Gasteiger partial charge in [-0.3, -0.25) is 9.78 Å². The first-order valence-electron chi connectivity index (χ1n) is 9.30. The molecule has 4 rings (SSSR count). The molecule has 1 aliphatic heterocycles. The van der Waals surface area contributed by atoms with E-state index in [9.17, 15) is 4.79 Å². The smallest absolute Gasteiger partial charge is 0.273 e. The van der Waals surface area contributed by atoms with Crippen LogP contribution < -0.4 is 4.90 Å². The minimum atomic E-state index is -0.0153. The molecule has 7 nitrogen and oxygen atoms in total. The fourth-order valence-electron chi connectivity index (χ4n) is 3.63. The van der Waals surface area contributed by atoms with Crippen molar-refractivity contribution in [3.05, 3.63) is 48.7 Å². The van der Waals surface area contributed by atoms with Crippen molar-refractivity contribution >= 4 is 22.8 Å². The number of amides is 1. The van der Waals surface area contributed by atoms with Gasteiger partial charge in [0.15, 0.2) is 0 Å². The molecule has 0 atom stereocenters. The molecule has 0 unspecified atom stereocenters. The van der Waals surface area contributed by atoms with Gasteiger partial charge in [-0.1, -0.05) is 12.1 Å². The lowest BCUT2D eigenvalue weighted by molar-refractivity contribution is 0.0759. The zero-order valence-corrected chi connectivity index (χ0v) is 15.7. The van der Waals surface area contributed by atoms with Crippen LogP contribution in [0.1, 0.15) is 23.3 Å². The number of piperidine rings is 1. The van der Waals surface area contributed by atoms with Crippen molar-refractivity contribution in [3.8, 4) is 0 Å². The second kappa shape index (κ2) is 7.34. The zero-order valence-electron chi connectivity index (χ0n) is 15.7. The first-order chi connectivity index (χ1) is 13.1. The van der Waals surface area contributed by atoms with E-state index in [-0.39, 0.29) is 5.91 Å². The van der Waals surface area contributed by atoms with Gasteiger partial charge in [-0.05, 0) is 30.9 Å². The van der Waals surface area contributed by atoms with Crippen molar-refractivity contribution < 1.29 is 4.79 Å². The summed E-state index contributed by atoms with van der Waals surface area (Å²) >= 11 is 0. The summed E-state index contributed by atoms with van der Waals surface area (Å²) in [4.78, 5) is 30.0. The predicted molar refractivity (Wildman–Crippen MR) is 105 cm³/mol. The Morgan fingerprint density at radius 2 is 1.93 bits per heavy atom. The molecule has 3 aromatic rings. The van der Waals surface area contributed by atoms with Gasteiger partial charge in [0.1, 0.15) is 11.5 Å². The molecule has 0 bridgehead atoms. The van der Waals surface area contributed by atoms with Crippen molar-refractivity contribution in [2.24, 2.45) is 13.0 Å². The Bertz CT molecular complexity index is 944. The molecule has 1 aliphatic rings. The number of nitrogens with zero attached hydrogens (tertiary/aromatic N) is 6. The van der Waals surface area contributed by atoms with Crippen molar-refractivity contribution in [1.82, 2.24) is 24.4 Å². The van der Waals surface area contributed by atoms with E-state index in [1.807, 2.05) is 44.6 Å². The van der Waals surface area contributed by atoms with E-state index < -0.39 is 0 Å². The van der Waals surface area contributed by atoms with E-state index in [2.05, 4.69) is 14.9 Å². The van der Waals surface area contributed by atoms with Crippen LogP contribution in [-0.2, 0) is 7.05 Å². The van der Waals surface area contributed by atoms with Crippen molar-refractivity contribution in [1.29, 1.82) is 0 Å². The number of fused-ring (bicyclic) bond motifs is 1. The number of para-hydroxylation sites is 2. The maximum Gasteiger partial charge on any atom is 0.273 e. The number of hydrogen-bond acceptors (Lipinski definition) is 5. The highest BCUT2D eigenvalue weighted by Gasteiger charge is 2.24. The third kappa shape index (κ3) is 3.77. The topological polar surface area (TPSA) is 67.2 Å². The van der Waals surface area contributed by atoms with Crippen molar-refractivity contribution in [2.75, 3.05) is 31.6 Å². The Hall–Kier alpha value is -2.96. The molecule has 1 amide bonds. The van der Waals surface area contributed by atoms with E-state index in [0.29, 0.717) is 11.6 Å². The largest absolute Gasteiger partial charge is 0.355 e. The number of carbonyl (C=O) groups excluding carboxylic acids is 1. The normalized spacial score (nSPS) is 15.3. The number of hydrogen-bond donors (Lipinski definition) is 0. The zero-order chi connectivity index (χ0) is 18.8. The molecule has 3 heterocycles. The van der Waals surface area contributed by atoms with Crippen molar-refractivity contribution in [2.45, 2.75) is 12.8 Å².